The number of hydrogen-bond donors (Lipinski definition) is 4. The standard InChI is InChI=1S/C22H19N7O2/c1-13(30)25-17-8-6-15(7-9-17)20-22(29-21(28-20)16(11-23)12-24-29)27-19-5-3-4-18(10-19)26-14(2)31/h3-10,12,27-28H,1-2H3,(H,25,30)(H,26,31). The largest absolute Gasteiger partial charge is 0.338 e. The number of nitriles is 1. The molecule has 0 bridgehead atoms. The fourth-order valence-electron chi connectivity index (χ4n) is 3.27. The van der Waals surface area contributed by atoms with Crippen LogP contribution in [0.3, 0.4) is 0 Å². The van der Waals surface area contributed by atoms with E-state index in [1.165, 1.54) is 20.0 Å². The van der Waals surface area contributed by atoms with Gasteiger partial charge in [-0.2, -0.15) is 14.9 Å². The lowest BCUT2D eigenvalue weighted by Crippen LogP contribution is -2.06. The number of carbonyl (C=O) groups is 2. The van der Waals surface area contributed by atoms with Gasteiger partial charge in [-0.1, -0.05) is 18.2 Å². The molecule has 2 aromatic heterocycles. The number of hydrogen-bond acceptors (Lipinski definition) is 5. The molecule has 4 rings (SSSR count). The van der Waals surface area contributed by atoms with E-state index in [0.29, 0.717) is 28.4 Å². The summed E-state index contributed by atoms with van der Waals surface area (Å²) in [5.41, 5.74) is 4.60. The molecule has 0 aliphatic rings. The van der Waals surface area contributed by atoms with Gasteiger partial charge < -0.3 is 20.9 Å². The molecule has 2 amide bonds. The second-order valence-electron chi connectivity index (χ2n) is 6.92. The number of nitrogens with one attached hydrogen (secondary N) is 4. The Kier molecular flexibility index (Phi) is 5.12. The molecular weight excluding hydrogens is 394 g/mol. The van der Waals surface area contributed by atoms with Gasteiger partial charge >= 0.3 is 0 Å². The number of aromatic nitrogens is 3. The maximum atomic E-state index is 11.4. The predicted octanol–water partition coefficient (Wildman–Crippen LogP) is 3.86. The molecular formula is C22H19N7O2. The predicted molar refractivity (Wildman–Crippen MR) is 118 cm³/mol. The minimum Gasteiger partial charge on any atom is -0.338 e. The summed E-state index contributed by atoms with van der Waals surface area (Å²) in [5.74, 6) is 0.321. The van der Waals surface area contributed by atoms with Gasteiger partial charge in [-0.25, -0.2) is 0 Å². The van der Waals surface area contributed by atoms with Crippen LogP contribution in [0.1, 0.15) is 19.4 Å². The summed E-state index contributed by atoms with van der Waals surface area (Å²) in [6.45, 7) is 2.90. The van der Waals surface area contributed by atoms with Crippen molar-refractivity contribution in [2.45, 2.75) is 13.8 Å². The van der Waals surface area contributed by atoms with E-state index in [-0.39, 0.29) is 11.8 Å². The van der Waals surface area contributed by atoms with Crippen LogP contribution in [0.4, 0.5) is 22.9 Å². The van der Waals surface area contributed by atoms with E-state index in [9.17, 15) is 14.9 Å². The van der Waals surface area contributed by atoms with E-state index in [1.807, 2.05) is 24.3 Å². The number of fused-ring (bicyclic) bond motifs is 1. The zero-order valence-electron chi connectivity index (χ0n) is 16.9. The summed E-state index contributed by atoms with van der Waals surface area (Å²) in [7, 11) is 0. The first kappa shape index (κ1) is 19.7. The van der Waals surface area contributed by atoms with Crippen molar-refractivity contribution >= 4 is 40.3 Å². The third kappa shape index (κ3) is 4.09. The summed E-state index contributed by atoms with van der Waals surface area (Å²) in [4.78, 5) is 25.9. The lowest BCUT2D eigenvalue weighted by Gasteiger charge is -2.10. The van der Waals surface area contributed by atoms with E-state index >= 15 is 0 Å². The van der Waals surface area contributed by atoms with Crippen molar-refractivity contribution in [2.75, 3.05) is 16.0 Å². The normalized spacial score (nSPS) is 10.5. The number of H-pyrrole nitrogens is 1. The monoisotopic (exact) mass is 413 g/mol. The summed E-state index contributed by atoms with van der Waals surface area (Å²) in [5, 5.41) is 22.6. The highest BCUT2D eigenvalue weighted by molar-refractivity contribution is 5.90. The lowest BCUT2D eigenvalue weighted by molar-refractivity contribution is -0.115. The molecule has 2 heterocycles. The van der Waals surface area contributed by atoms with Crippen molar-refractivity contribution < 1.29 is 9.59 Å². The van der Waals surface area contributed by atoms with E-state index < -0.39 is 0 Å². The smallest absolute Gasteiger partial charge is 0.221 e. The molecule has 0 fully saturated rings. The molecule has 4 aromatic rings. The number of rotatable bonds is 5. The Bertz CT molecular complexity index is 1330. The number of benzene rings is 2. The molecule has 0 spiro atoms. The van der Waals surface area contributed by atoms with Crippen molar-refractivity contribution in [3.8, 4) is 17.3 Å². The van der Waals surface area contributed by atoms with Gasteiger partial charge in [-0.15, -0.1) is 0 Å². The quantitative estimate of drug-likeness (QED) is 0.395. The number of nitrogens with zero attached hydrogens (tertiary/aromatic N) is 3. The number of anilines is 4. The van der Waals surface area contributed by atoms with E-state index in [4.69, 9.17) is 0 Å². The van der Waals surface area contributed by atoms with Crippen molar-refractivity contribution in [1.29, 1.82) is 5.26 Å². The van der Waals surface area contributed by atoms with Gasteiger partial charge in [0, 0.05) is 36.5 Å². The van der Waals surface area contributed by atoms with Crippen LogP contribution in [0.5, 0.6) is 0 Å². The summed E-state index contributed by atoms with van der Waals surface area (Å²) >= 11 is 0. The summed E-state index contributed by atoms with van der Waals surface area (Å²) in [6.07, 6.45) is 1.49. The maximum absolute atomic E-state index is 11.4. The first-order valence-corrected chi connectivity index (χ1v) is 9.47. The molecule has 0 aliphatic heterocycles. The van der Waals surface area contributed by atoms with Crippen LogP contribution < -0.4 is 16.0 Å². The van der Waals surface area contributed by atoms with Crippen LogP contribution in [0.25, 0.3) is 16.9 Å². The molecule has 2 aromatic carbocycles. The van der Waals surface area contributed by atoms with Crippen LogP contribution in [0.15, 0.2) is 54.7 Å². The van der Waals surface area contributed by atoms with Gasteiger partial charge in [0.15, 0.2) is 11.5 Å². The fraction of sp³-hybridized carbons (Fsp3) is 0.0909. The third-order valence-corrected chi connectivity index (χ3v) is 4.52. The van der Waals surface area contributed by atoms with E-state index in [0.717, 1.165) is 16.9 Å². The SMILES string of the molecule is CC(=O)Nc1ccc(-c2[nH]c3c(C#N)cnn3c2Nc2cccc(NC(C)=O)c2)cc1. The molecule has 0 aliphatic carbocycles. The third-order valence-electron chi connectivity index (χ3n) is 4.52. The van der Waals surface area contributed by atoms with Gasteiger partial charge in [-0.3, -0.25) is 9.59 Å². The van der Waals surface area contributed by atoms with Crippen molar-refractivity contribution in [2.24, 2.45) is 0 Å². The van der Waals surface area contributed by atoms with Crippen molar-refractivity contribution in [3.05, 3.63) is 60.3 Å². The Labute approximate surface area is 177 Å². The molecule has 0 saturated carbocycles. The molecule has 0 unspecified atom stereocenters. The second kappa shape index (κ2) is 8.04. The fourth-order valence-corrected chi connectivity index (χ4v) is 3.27. The highest BCUT2D eigenvalue weighted by Gasteiger charge is 2.18. The van der Waals surface area contributed by atoms with Crippen LogP contribution in [0.2, 0.25) is 0 Å². The summed E-state index contributed by atoms with van der Waals surface area (Å²) in [6, 6.07) is 16.7. The molecule has 9 heteroatoms. The van der Waals surface area contributed by atoms with Crippen molar-refractivity contribution in [3.63, 3.8) is 0 Å². The van der Waals surface area contributed by atoms with Gasteiger partial charge in [0.1, 0.15) is 11.6 Å². The summed E-state index contributed by atoms with van der Waals surface area (Å²) < 4.78 is 1.63. The van der Waals surface area contributed by atoms with Gasteiger partial charge in [0.25, 0.3) is 0 Å². The van der Waals surface area contributed by atoms with E-state index in [1.54, 1.807) is 28.8 Å². The molecule has 31 heavy (non-hydrogen) atoms. The first-order valence-electron chi connectivity index (χ1n) is 9.47. The molecule has 0 radical (unpaired) electrons. The van der Waals surface area contributed by atoms with Crippen LogP contribution in [0, 0.1) is 11.3 Å². The lowest BCUT2D eigenvalue weighted by atomic mass is 10.1. The Morgan fingerprint density at radius 3 is 2.35 bits per heavy atom. The Balaban J connectivity index is 1.77. The topological polar surface area (TPSA) is 127 Å². The second-order valence-corrected chi connectivity index (χ2v) is 6.92. The minimum absolute atomic E-state index is 0.147. The molecule has 154 valence electrons. The van der Waals surface area contributed by atoms with Gasteiger partial charge in [-0.05, 0) is 30.3 Å². The molecule has 4 N–H and O–H groups in total. The number of aromatic amines is 1. The van der Waals surface area contributed by atoms with Crippen molar-refractivity contribution in [1.82, 2.24) is 14.6 Å². The maximum Gasteiger partial charge on any atom is 0.221 e. The number of carbonyl (C=O) groups excluding carboxylic acids is 2. The first-order chi connectivity index (χ1) is 14.9. The highest BCUT2D eigenvalue weighted by Crippen LogP contribution is 2.33. The molecule has 9 nitrogen and oxygen atoms in total. The number of amides is 2. The number of imidazole rings is 1. The zero-order valence-corrected chi connectivity index (χ0v) is 16.9. The van der Waals surface area contributed by atoms with E-state index in [2.05, 4.69) is 32.1 Å². The molecule has 0 atom stereocenters. The Hall–Kier alpha value is -4.58. The Morgan fingerprint density at radius 1 is 1.00 bits per heavy atom. The van der Waals surface area contributed by atoms with Gasteiger partial charge in [0.2, 0.25) is 11.8 Å². The Morgan fingerprint density at radius 2 is 1.68 bits per heavy atom. The average molecular weight is 413 g/mol. The van der Waals surface area contributed by atoms with Gasteiger partial charge in [0.05, 0.1) is 11.9 Å². The van der Waals surface area contributed by atoms with Crippen LogP contribution >= 0.6 is 0 Å². The van der Waals surface area contributed by atoms with Crippen LogP contribution in [-0.2, 0) is 9.59 Å². The molecule has 0 saturated heterocycles. The average Bonchev–Trinajstić information content (AvgIpc) is 3.28. The highest BCUT2D eigenvalue weighted by atomic mass is 16.2. The minimum atomic E-state index is -0.160. The van der Waals surface area contributed by atoms with Crippen LogP contribution in [-0.4, -0.2) is 26.4 Å². The zero-order chi connectivity index (χ0) is 22.0.